The van der Waals surface area contributed by atoms with Crippen LogP contribution >= 0.6 is 0 Å². The van der Waals surface area contributed by atoms with E-state index in [1.165, 1.54) is 0 Å². The molecule has 0 amide bonds. The van der Waals surface area contributed by atoms with Crippen molar-refractivity contribution in [2.45, 2.75) is 45.8 Å². The third-order valence-electron chi connectivity index (χ3n) is 1.55. The second-order valence-corrected chi connectivity index (χ2v) is 4.29. The van der Waals surface area contributed by atoms with Crippen LogP contribution < -0.4 is 5.32 Å². The van der Waals surface area contributed by atoms with Crippen molar-refractivity contribution in [1.29, 1.82) is 0 Å². The maximum Gasteiger partial charge on any atom is 0.323 e. The summed E-state index contributed by atoms with van der Waals surface area (Å²) >= 11 is 0. The van der Waals surface area contributed by atoms with Crippen LogP contribution in [0.15, 0.2) is 0 Å². The van der Waals surface area contributed by atoms with Gasteiger partial charge in [0.25, 0.3) is 0 Å². The minimum atomic E-state index is -0.440. The molecule has 4 heteroatoms. The number of rotatable bonds is 5. The summed E-state index contributed by atoms with van der Waals surface area (Å²) < 4.78 is 5.17. The van der Waals surface area contributed by atoms with Crippen LogP contribution in [0.25, 0.3) is 0 Å². The summed E-state index contributed by atoms with van der Waals surface area (Å²) in [6.07, 6.45) is 0.646. The highest BCUT2D eigenvalue weighted by Crippen LogP contribution is 2.08. The van der Waals surface area contributed by atoms with E-state index in [2.05, 4.69) is 5.32 Å². The van der Waals surface area contributed by atoms with Crippen LogP contribution in [0.5, 0.6) is 0 Å². The molecular formula is C10H21NO3. The normalized spacial score (nSPS) is 13.8. The number of carbonyl (C=O) groups excluding carboxylic acids is 1. The molecule has 0 bridgehead atoms. The number of ether oxygens (including phenoxy) is 1. The highest BCUT2D eigenvalue weighted by atomic mass is 16.6. The molecule has 0 aromatic rings. The average molecular weight is 203 g/mol. The maximum absolute atomic E-state index is 11.4. The molecule has 0 aliphatic heterocycles. The van der Waals surface area contributed by atoms with Gasteiger partial charge in [0.15, 0.2) is 0 Å². The Kier molecular flexibility index (Phi) is 5.72. The number of carbonyl (C=O) groups is 1. The second-order valence-electron chi connectivity index (χ2n) is 4.29. The smallest absolute Gasteiger partial charge is 0.323 e. The van der Waals surface area contributed by atoms with E-state index in [1.54, 1.807) is 6.92 Å². The molecule has 0 aliphatic rings. The predicted octanol–water partition coefficient (Wildman–Crippen LogP) is 0.689. The topological polar surface area (TPSA) is 58.6 Å². The van der Waals surface area contributed by atoms with E-state index in [0.29, 0.717) is 13.0 Å². The lowest BCUT2D eigenvalue weighted by molar-refractivity contribution is -0.156. The van der Waals surface area contributed by atoms with E-state index in [-0.39, 0.29) is 18.6 Å². The molecule has 84 valence electrons. The van der Waals surface area contributed by atoms with Gasteiger partial charge < -0.3 is 15.2 Å². The van der Waals surface area contributed by atoms with Gasteiger partial charge in [0, 0.05) is 6.61 Å². The molecule has 0 saturated heterocycles. The molecule has 0 aliphatic carbocycles. The SMILES string of the molecule is C[C@H](NCCCO)C(=O)OC(C)(C)C. The number of esters is 1. The second kappa shape index (κ2) is 5.98. The Bertz CT molecular complexity index is 175. The summed E-state index contributed by atoms with van der Waals surface area (Å²) in [5.41, 5.74) is -0.440. The number of aliphatic hydroxyl groups excluding tert-OH is 1. The van der Waals surface area contributed by atoms with Gasteiger partial charge in [-0.25, -0.2) is 0 Å². The van der Waals surface area contributed by atoms with Gasteiger partial charge in [-0.3, -0.25) is 4.79 Å². The largest absolute Gasteiger partial charge is 0.459 e. The van der Waals surface area contributed by atoms with Crippen molar-refractivity contribution in [2.75, 3.05) is 13.2 Å². The lowest BCUT2D eigenvalue weighted by Crippen LogP contribution is -2.39. The van der Waals surface area contributed by atoms with Crippen molar-refractivity contribution in [3.63, 3.8) is 0 Å². The summed E-state index contributed by atoms with van der Waals surface area (Å²) in [6.45, 7) is 8.03. The van der Waals surface area contributed by atoms with Gasteiger partial charge in [0.1, 0.15) is 11.6 Å². The fraction of sp³-hybridized carbons (Fsp3) is 0.900. The van der Waals surface area contributed by atoms with Gasteiger partial charge in [-0.1, -0.05) is 0 Å². The Balaban J connectivity index is 3.77. The van der Waals surface area contributed by atoms with E-state index in [9.17, 15) is 4.79 Å². The van der Waals surface area contributed by atoms with Gasteiger partial charge in [0.05, 0.1) is 0 Å². The van der Waals surface area contributed by atoms with Gasteiger partial charge >= 0.3 is 5.97 Å². The first-order valence-electron chi connectivity index (χ1n) is 4.94. The molecule has 0 rings (SSSR count). The molecule has 0 heterocycles. The minimum absolute atomic E-state index is 0.133. The first kappa shape index (κ1) is 13.4. The maximum atomic E-state index is 11.4. The third kappa shape index (κ3) is 6.86. The van der Waals surface area contributed by atoms with Crippen LogP contribution in [0.2, 0.25) is 0 Å². The predicted molar refractivity (Wildman–Crippen MR) is 55.0 cm³/mol. The van der Waals surface area contributed by atoms with Crippen LogP contribution in [0.1, 0.15) is 34.1 Å². The van der Waals surface area contributed by atoms with Crippen LogP contribution in [0, 0.1) is 0 Å². The van der Waals surface area contributed by atoms with Crippen molar-refractivity contribution in [3.05, 3.63) is 0 Å². The molecular weight excluding hydrogens is 182 g/mol. The molecule has 14 heavy (non-hydrogen) atoms. The van der Waals surface area contributed by atoms with E-state index in [0.717, 1.165) is 0 Å². The number of nitrogens with one attached hydrogen (secondary N) is 1. The fourth-order valence-corrected chi connectivity index (χ4v) is 0.871. The number of hydrogen-bond donors (Lipinski definition) is 2. The Hall–Kier alpha value is -0.610. The van der Waals surface area contributed by atoms with E-state index >= 15 is 0 Å². The lowest BCUT2D eigenvalue weighted by Gasteiger charge is -2.22. The third-order valence-corrected chi connectivity index (χ3v) is 1.55. The minimum Gasteiger partial charge on any atom is -0.459 e. The molecule has 0 unspecified atom stereocenters. The van der Waals surface area contributed by atoms with Gasteiger partial charge in [-0.15, -0.1) is 0 Å². The molecule has 0 fully saturated rings. The zero-order valence-corrected chi connectivity index (χ0v) is 9.46. The zero-order chi connectivity index (χ0) is 11.2. The van der Waals surface area contributed by atoms with Crippen LogP contribution in [0.3, 0.4) is 0 Å². The highest BCUT2D eigenvalue weighted by Gasteiger charge is 2.20. The van der Waals surface area contributed by atoms with Crippen molar-refractivity contribution in [2.24, 2.45) is 0 Å². The van der Waals surface area contributed by atoms with Gasteiger partial charge in [0.2, 0.25) is 0 Å². The fourth-order valence-electron chi connectivity index (χ4n) is 0.871. The Morgan fingerprint density at radius 3 is 2.50 bits per heavy atom. The summed E-state index contributed by atoms with van der Waals surface area (Å²) in [6, 6.07) is -0.319. The standard InChI is InChI=1S/C10H21NO3/c1-8(11-6-5-7-12)9(13)14-10(2,3)4/h8,11-12H,5-7H2,1-4H3/t8-/m0/s1. The van der Waals surface area contributed by atoms with Crippen LogP contribution in [0.4, 0.5) is 0 Å². The van der Waals surface area contributed by atoms with Crippen LogP contribution in [-0.2, 0) is 9.53 Å². The summed E-state index contributed by atoms with van der Waals surface area (Å²) in [5.74, 6) is -0.254. The summed E-state index contributed by atoms with van der Waals surface area (Å²) in [4.78, 5) is 11.4. The Labute approximate surface area is 85.6 Å². The summed E-state index contributed by atoms with van der Waals surface area (Å²) in [5, 5.41) is 11.5. The first-order valence-corrected chi connectivity index (χ1v) is 4.94. The number of aliphatic hydroxyl groups is 1. The zero-order valence-electron chi connectivity index (χ0n) is 9.46. The molecule has 0 saturated carbocycles. The van der Waals surface area contributed by atoms with Crippen molar-refractivity contribution >= 4 is 5.97 Å². The van der Waals surface area contributed by atoms with Crippen molar-refractivity contribution in [3.8, 4) is 0 Å². The molecule has 2 N–H and O–H groups in total. The van der Waals surface area contributed by atoms with Crippen LogP contribution in [-0.4, -0.2) is 35.9 Å². The molecule has 1 atom stereocenters. The monoisotopic (exact) mass is 203 g/mol. The quantitative estimate of drug-likeness (QED) is 0.510. The van der Waals surface area contributed by atoms with Gasteiger partial charge in [-0.05, 0) is 40.7 Å². The van der Waals surface area contributed by atoms with E-state index in [1.807, 2.05) is 20.8 Å². The van der Waals surface area contributed by atoms with E-state index < -0.39 is 5.60 Å². The lowest BCUT2D eigenvalue weighted by atomic mass is 10.2. The average Bonchev–Trinajstić information content (AvgIpc) is 2.01. The van der Waals surface area contributed by atoms with Crippen molar-refractivity contribution < 1.29 is 14.6 Å². The number of hydrogen-bond acceptors (Lipinski definition) is 4. The Morgan fingerprint density at radius 2 is 2.07 bits per heavy atom. The van der Waals surface area contributed by atoms with E-state index in [4.69, 9.17) is 9.84 Å². The molecule has 4 nitrogen and oxygen atoms in total. The molecule has 0 spiro atoms. The van der Waals surface area contributed by atoms with Crippen molar-refractivity contribution in [1.82, 2.24) is 5.32 Å². The Morgan fingerprint density at radius 1 is 1.50 bits per heavy atom. The highest BCUT2D eigenvalue weighted by molar-refractivity contribution is 5.75. The molecule has 0 radical (unpaired) electrons. The molecule has 0 aromatic heterocycles. The summed E-state index contributed by atoms with van der Waals surface area (Å²) in [7, 11) is 0. The first-order chi connectivity index (χ1) is 6.37. The van der Waals surface area contributed by atoms with Gasteiger partial charge in [-0.2, -0.15) is 0 Å². The molecule has 0 aromatic carbocycles.